The molecule has 0 rings (SSSR count). The molecule has 0 aromatic heterocycles. The first kappa shape index (κ1) is 15.9. The lowest BCUT2D eigenvalue weighted by Gasteiger charge is -2.13. The molecule has 0 aliphatic heterocycles. The summed E-state index contributed by atoms with van der Waals surface area (Å²) in [6, 6.07) is 0.496. The fraction of sp³-hybridized carbons (Fsp3) is 1.00. The van der Waals surface area contributed by atoms with Gasteiger partial charge in [0.2, 0.25) is 0 Å². The van der Waals surface area contributed by atoms with Gasteiger partial charge < -0.3 is 10.1 Å². The Labute approximate surface area is 102 Å². The van der Waals surface area contributed by atoms with Crippen LogP contribution in [0.2, 0.25) is 0 Å². The van der Waals surface area contributed by atoms with Crippen molar-refractivity contribution in [2.45, 2.75) is 65.8 Å². The molecule has 0 heterocycles. The monoisotopic (exact) mass is 229 g/mol. The van der Waals surface area contributed by atoms with E-state index < -0.39 is 0 Å². The Kier molecular flexibility index (Phi) is 11.3. The Morgan fingerprint density at radius 1 is 1.00 bits per heavy atom. The minimum absolute atomic E-state index is 0.496. The molecule has 0 aliphatic rings. The molecule has 0 aromatic rings. The van der Waals surface area contributed by atoms with Gasteiger partial charge in [-0.15, -0.1) is 0 Å². The van der Waals surface area contributed by atoms with E-state index in [4.69, 9.17) is 4.74 Å². The maximum Gasteiger partial charge on any atom is 0.0616 e. The quantitative estimate of drug-likeness (QED) is 0.547. The summed E-state index contributed by atoms with van der Waals surface area (Å²) >= 11 is 0. The molecule has 0 saturated heterocycles. The average molecular weight is 229 g/mol. The lowest BCUT2D eigenvalue weighted by atomic mass is 10.0. The molecule has 0 amide bonds. The molecule has 1 N–H and O–H groups in total. The summed E-state index contributed by atoms with van der Waals surface area (Å²) in [5.74, 6) is 0.865. The van der Waals surface area contributed by atoms with Gasteiger partial charge in [0.05, 0.1) is 6.61 Å². The lowest BCUT2D eigenvalue weighted by Crippen LogP contribution is -2.31. The zero-order valence-corrected chi connectivity index (χ0v) is 11.7. The molecular weight excluding hydrogens is 198 g/mol. The lowest BCUT2D eigenvalue weighted by molar-refractivity contribution is 0.127. The van der Waals surface area contributed by atoms with Crippen molar-refractivity contribution in [2.75, 3.05) is 19.8 Å². The molecule has 2 nitrogen and oxygen atoms in total. The van der Waals surface area contributed by atoms with Gasteiger partial charge in [0.1, 0.15) is 0 Å². The third-order valence-electron chi connectivity index (χ3n) is 2.77. The van der Waals surface area contributed by atoms with Gasteiger partial charge in [-0.1, -0.05) is 39.5 Å². The van der Waals surface area contributed by atoms with E-state index in [2.05, 4.69) is 26.1 Å². The Hall–Kier alpha value is -0.0800. The number of unbranched alkanes of at least 4 members (excludes halogenated alkanes) is 3. The minimum Gasteiger partial charge on any atom is -0.380 e. The molecule has 2 heteroatoms. The van der Waals surface area contributed by atoms with Crippen LogP contribution in [0.25, 0.3) is 0 Å². The fourth-order valence-electron chi connectivity index (χ4n) is 1.73. The van der Waals surface area contributed by atoms with Crippen LogP contribution in [0, 0.1) is 5.92 Å². The van der Waals surface area contributed by atoms with Crippen molar-refractivity contribution in [3.8, 4) is 0 Å². The van der Waals surface area contributed by atoms with Crippen molar-refractivity contribution in [1.82, 2.24) is 5.32 Å². The molecule has 98 valence electrons. The SMILES string of the molecule is CCOCC(C)NCCCCCCC(C)C. The second kappa shape index (κ2) is 11.4. The van der Waals surface area contributed by atoms with Gasteiger partial charge in [0, 0.05) is 12.6 Å². The maximum atomic E-state index is 5.35. The molecule has 0 spiro atoms. The third-order valence-corrected chi connectivity index (χ3v) is 2.77. The zero-order valence-electron chi connectivity index (χ0n) is 11.7. The Morgan fingerprint density at radius 2 is 1.69 bits per heavy atom. The second-order valence-corrected chi connectivity index (χ2v) is 5.11. The van der Waals surface area contributed by atoms with E-state index in [0.717, 1.165) is 25.7 Å². The largest absolute Gasteiger partial charge is 0.380 e. The fourth-order valence-corrected chi connectivity index (χ4v) is 1.73. The summed E-state index contributed by atoms with van der Waals surface area (Å²) in [4.78, 5) is 0. The number of rotatable bonds is 11. The number of hydrogen-bond acceptors (Lipinski definition) is 2. The van der Waals surface area contributed by atoms with E-state index in [1.807, 2.05) is 6.92 Å². The van der Waals surface area contributed by atoms with Gasteiger partial charge in [0.25, 0.3) is 0 Å². The third kappa shape index (κ3) is 12.0. The summed E-state index contributed by atoms with van der Waals surface area (Å²) in [7, 11) is 0. The van der Waals surface area contributed by atoms with E-state index in [0.29, 0.717) is 6.04 Å². The summed E-state index contributed by atoms with van der Waals surface area (Å²) in [5, 5.41) is 3.49. The summed E-state index contributed by atoms with van der Waals surface area (Å²) < 4.78 is 5.35. The first-order chi connectivity index (χ1) is 7.66. The van der Waals surface area contributed by atoms with Crippen LogP contribution in [-0.4, -0.2) is 25.8 Å². The Bertz CT molecular complexity index is 137. The molecule has 1 atom stereocenters. The average Bonchev–Trinajstić information content (AvgIpc) is 2.24. The molecule has 0 bridgehead atoms. The van der Waals surface area contributed by atoms with Crippen LogP contribution < -0.4 is 5.32 Å². The highest BCUT2D eigenvalue weighted by atomic mass is 16.5. The Balaban J connectivity index is 3.08. The number of hydrogen-bond donors (Lipinski definition) is 1. The molecular formula is C14H31NO. The highest BCUT2D eigenvalue weighted by Crippen LogP contribution is 2.08. The topological polar surface area (TPSA) is 21.3 Å². The first-order valence-corrected chi connectivity index (χ1v) is 6.98. The van der Waals surface area contributed by atoms with E-state index in [9.17, 15) is 0 Å². The smallest absolute Gasteiger partial charge is 0.0616 e. The van der Waals surface area contributed by atoms with Crippen LogP contribution in [-0.2, 0) is 4.74 Å². The molecule has 0 fully saturated rings. The normalized spacial score (nSPS) is 13.3. The minimum atomic E-state index is 0.496. The van der Waals surface area contributed by atoms with E-state index in [1.165, 1.54) is 32.1 Å². The van der Waals surface area contributed by atoms with Crippen LogP contribution >= 0.6 is 0 Å². The van der Waals surface area contributed by atoms with Crippen molar-refractivity contribution in [3.63, 3.8) is 0 Å². The van der Waals surface area contributed by atoms with Crippen molar-refractivity contribution < 1.29 is 4.74 Å². The molecule has 0 radical (unpaired) electrons. The zero-order chi connectivity index (χ0) is 12.2. The van der Waals surface area contributed by atoms with Crippen LogP contribution in [0.15, 0.2) is 0 Å². The molecule has 16 heavy (non-hydrogen) atoms. The van der Waals surface area contributed by atoms with Crippen LogP contribution in [0.4, 0.5) is 0 Å². The predicted octanol–water partition coefficient (Wildman–Crippen LogP) is 3.61. The molecule has 0 saturated carbocycles. The summed E-state index contributed by atoms with van der Waals surface area (Å²) in [5.41, 5.74) is 0. The van der Waals surface area contributed by atoms with E-state index >= 15 is 0 Å². The highest BCUT2D eigenvalue weighted by Gasteiger charge is 1.99. The van der Waals surface area contributed by atoms with Crippen LogP contribution in [0.5, 0.6) is 0 Å². The predicted molar refractivity (Wildman–Crippen MR) is 71.9 cm³/mol. The van der Waals surface area contributed by atoms with Gasteiger partial charge in [-0.3, -0.25) is 0 Å². The van der Waals surface area contributed by atoms with Gasteiger partial charge in [-0.25, -0.2) is 0 Å². The summed E-state index contributed by atoms with van der Waals surface area (Å²) in [6.45, 7) is 11.6. The van der Waals surface area contributed by atoms with Gasteiger partial charge >= 0.3 is 0 Å². The van der Waals surface area contributed by atoms with Crippen molar-refractivity contribution in [1.29, 1.82) is 0 Å². The Morgan fingerprint density at radius 3 is 2.31 bits per heavy atom. The van der Waals surface area contributed by atoms with Crippen molar-refractivity contribution in [2.24, 2.45) is 5.92 Å². The maximum absolute atomic E-state index is 5.35. The highest BCUT2D eigenvalue weighted by molar-refractivity contribution is 4.59. The molecule has 0 aliphatic carbocycles. The van der Waals surface area contributed by atoms with Crippen molar-refractivity contribution in [3.05, 3.63) is 0 Å². The van der Waals surface area contributed by atoms with E-state index in [1.54, 1.807) is 0 Å². The summed E-state index contributed by atoms with van der Waals surface area (Å²) in [6.07, 6.45) is 6.83. The van der Waals surface area contributed by atoms with E-state index in [-0.39, 0.29) is 0 Å². The van der Waals surface area contributed by atoms with Gasteiger partial charge in [-0.2, -0.15) is 0 Å². The van der Waals surface area contributed by atoms with Crippen LogP contribution in [0.1, 0.15) is 59.8 Å². The molecule has 1 unspecified atom stereocenters. The standard InChI is InChI=1S/C14H31NO/c1-5-16-12-14(4)15-11-9-7-6-8-10-13(2)3/h13-15H,5-12H2,1-4H3. The number of ether oxygens (including phenoxy) is 1. The second-order valence-electron chi connectivity index (χ2n) is 5.11. The first-order valence-electron chi connectivity index (χ1n) is 6.98. The van der Waals surface area contributed by atoms with Gasteiger partial charge in [-0.05, 0) is 32.7 Å². The number of nitrogens with one attached hydrogen (secondary N) is 1. The molecule has 0 aromatic carbocycles. The van der Waals surface area contributed by atoms with Crippen LogP contribution in [0.3, 0.4) is 0 Å². The van der Waals surface area contributed by atoms with Crippen molar-refractivity contribution >= 4 is 0 Å². The van der Waals surface area contributed by atoms with Gasteiger partial charge in [0.15, 0.2) is 0 Å².